The summed E-state index contributed by atoms with van der Waals surface area (Å²) in [5.74, 6) is -0.879. The van der Waals surface area contributed by atoms with Crippen molar-refractivity contribution in [1.82, 2.24) is 15.4 Å². The number of sulfonamides is 1. The minimum absolute atomic E-state index is 0.0666. The van der Waals surface area contributed by atoms with Crippen LogP contribution in [-0.4, -0.2) is 36.3 Å². The van der Waals surface area contributed by atoms with Crippen molar-refractivity contribution in [3.63, 3.8) is 0 Å². The van der Waals surface area contributed by atoms with Crippen LogP contribution < -0.4 is 10.0 Å². The quantitative estimate of drug-likeness (QED) is 0.156. The Bertz CT molecular complexity index is 1750. The highest BCUT2D eigenvalue weighted by molar-refractivity contribution is 7.92. The maximum absolute atomic E-state index is 13.5. The molecule has 9 nitrogen and oxygen atoms in total. The predicted molar refractivity (Wildman–Crippen MR) is 176 cm³/mol. The van der Waals surface area contributed by atoms with Crippen molar-refractivity contribution in [2.45, 2.75) is 77.9 Å². The third kappa shape index (κ3) is 8.39. The van der Waals surface area contributed by atoms with Gasteiger partial charge in [0.15, 0.2) is 0 Å². The number of hydrogen-bond acceptors (Lipinski definition) is 6. The van der Waals surface area contributed by atoms with Crippen LogP contribution in [0.25, 0.3) is 11.1 Å². The van der Waals surface area contributed by atoms with Gasteiger partial charge in [0.1, 0.15) is 11.9 Å². The van der Waals surface area contributed by atoms with Crippen LogP contribution in [0.2, 0.25) is 0 Å². The second-order valence-corrected chi connectivity index (χ2v) is 13.3. The van der Waals surface area contributed by atoms with Gasteiger partial charge in [0, 0.05) is 30.6 Å². The Hall–Kier alpha value is -4.51. The zero-order valence-corrected chi connectivity index (χ0v) is 27.7. The number of amides is 2. The molecule has 0 bridgehead atoms. The average Bonchev–Trinajstić information content (AvgIpc) is 3.34. The van der Waals surface area contributed by atoms with E-state index in [4.69, 9.17) is 4.52 Å². The number of halogens is 1. The summed E-state index contributed by atoms with van der Waals surface area (Å²) < 4.78 is 47.8. The number of aromatic nitrogens is 1. The molecule has 2 amide bonds. The van der Waals surface area contributed by atoms with Crippen molar-refractivity contribution in [2.75, 3.05) is 4.72 Å². The molecule has 11 heteroatoms. The standard InChI is InChI=1S/C35H41FN4O5S/c1-6-7-12-32(41)40(33(23(2)3)34(42)37-21-26-15-19-29(36)20-16-26)22-27-13-17-28(18-14-27)30-10-8-9-11-31(30)46(43,44)39-35-24(4)25(5)38-45-35/h8-11,13-20,23,33,39H,6-7,12,21-22H2,1-5H3,(H,37,42)/t33-/m0/s1. The van der Waals surface area contributed by atoms with E-state index in [1.54, 1.807) is 61.2 Å². The lowest BCUT2D eigenvalue weighted by Gasteiger charge is -2.34. The van der Waals surface area contributed by atoms with Gasteiger partial charge < -0.3 is 14.7 Å². The SMILES string of the molecule is CCCCC(=O)N(Cc1ccc(-c2ccccc2S(=O)(=O)Nc2onc(C)c2C)cc1)[C@H](C(=O)NCc1ccc(F)cc1)C(C)C. The van der Waals surface area contributed by atoms with E-state index >= 15 is 0 Å². The number of anilines is 1. The smallest absolute Gasteiger partial charge is 0.264 e. The van der Waals surface area contributed by atoms with Gasteiger partial charge >= 0.3 is 0 Å². The Labute approximate surface area is 270 Å². The molecule has 0 saturated carbocycles. The first-order valence-electron chi connectivity index (χ1n) is 15.4. The molecule has 244 valence electrons. The maximum Gasteiger partial charge on any atom is 0.264 e. The van der Waals surface area contributed by atoms with E-state index in [2.05, 4.69) is 15.2 Å². The molecule has 0 radical (unpaired) electrons. The van der Waals surface area contributed by atoms with E-state index < -0.39 is 16.1 Å². The zero-order chi connectivity index (χ0) is 33.4. The van der Waals surface area contributed by atoms with Gasteiger partial charge in [-0.1, -0.05) is 86.9 Å². The van der Waals surface area contributed by atoms with Gasteiger partial charge in [-0.3, -0.25) is 9.59 Å². The van der Waals surface area contributed by atoms with Gasteiger partial charge in [-0.15, -0.1) is 0 Å². The minimum Gasteiger partial charge on any atom is -0.350 e. The number of rotatable bonds is 14. The fourth-order valence-corrected chi connectivity index (χ4v) is 6.40. The Kier molecular flexibility index (Phi) is 11.3. The van der Waals surface area contributed by atoms with Crippen LogP contribution in [0.4, 0.5) is 10.3 Å². The number of nitrogens with zero attached hydrogens (tertiary/aromatic N) is 2. The number of unbranched alkanes of at least 4 members (excludes halogenated alkanes) is 1. The fraction of sp³-hybridized carbons (Fsp3) is 0.343. The zero-order valence-electron chi connectivity index (χ0n) is 26.8. The molecule has 0 aliphatic heterocycles. The van der Waals surface area contributed by atoms with E-state index in [-0.39, 0.29) is 47.4 Å². The Balaban J connectivity index is 1.58. The molecule has 0 unspecified atom stereocenters. The molecule has 2 N–H and O–H groups in total. The van der Waals surface area contributed by atoms with Crippen LogP contribution in [0.5, 0.6) is 0 Å². The molecule has 3 aromatic carbocycles. The van der Waals surface area contributed by atoms with Gasteiger partial charge in [-0.2, -0.15) is 0 Å². The van der Waals surface area contributed by atoms with E-state index in [9.17, 15) is 22.4 Å². The van der Waals surface area contributed by atoms with Gasteiger partial charge in [0.05, 0.1) is 10.6 Å². The van der Waals surface area contributed by atoms with Gasteiger partial charge in [-0.05, 0) is 61.1 Å². The summed E-state index contributed by atoms with van der Waals surface area (Å²) in [4.78, 5) is 28.7. The van der Waals surface area contributed by atoms with Crippen LogP contribution in [-0.2, 0) is 32.7 Å². The lowest BCUT2D eigenvalue weighted by Crippen LogP contribution is -2.51. The third-order valence-corrected chi connectivity index (χ3v) is 9.25. The number of benzene rings is 3. The first-order chi connectivity index (χ1) is 21.9. The molecule has 1 atom stereocenters. The Morgan fingerprint density at radius 1 is 0.957 bits per heavy atom. The lowest BCUT2D eigenvalue weighted by molar-refractivity contribution is -0.143. The lowest BCUT2D eigenvalue weighted by atomic mass is 9.98. The molecule has 0 spiro atoms. The van der Waals surface area contributed by atoms with Crippen molar-refractivity contribution < 1.29 is 26.9 Å². The topological polar surface area (TPSA) is 122 Å². The van der Waals surface area contributed by atoms with Crippen molar-refractivity contribution in [2.24, 2.45) is 5.92 Å². The van der Waals surface area contributed by atoms with Gasteiger partial charge in [0.2, 0.25) is 17.7 Å². The Morgan fingerprint density at radius 2 is 1.61 bits per heavy atom. The second kappa shape index (κ2) is 15.2. The maximum atomic E-state index is 13.5. The number of nitrogens with one attached hydrogen (secondary N) is 2. The highest BCUT2D eigenvalue weighted by Gasteiger charge is 2.32. The van der Waals surface area contributed by atoms with E-state index in [1.165, 1.54) is 18.2 Å². The van der Waals surface area contributed by atoms with Crippen molar-refractivity contribution >= 4 is 27.7 Å². The largest absolute Gasteiger partial charge is 0.350 e. The van der Waals surface area contributed by atoms with Crippen molar-refractivity contribution in [1.29, 1.82) is 0 Å². The fourth-order valence-electron chi connectivity index (χ4n) is 5.13. The third-order valence-electron chi connectivity index (χ3n) is 7.86. The number of carbonyl (C=O) groups is 2. The second-order valence-electron chi connectivity index (χ2n) is 11.7. The molecule has 0 aliphatic rings. The highest BCUT2D eigenvalue weighted by atomic mass is 32.2. The van der Waals surface area contributed by atoms with Gasteiger partial charge in [0.25, 0.3) is 10.0 Å². The average molecular weight is 649 g/mol. The van der Waals surface area contributed by atoms with Crippen LogP contribution in [0.3, 0.4) is 0 Å². The Morgan fingerprint density at radius 3 is 2.22 bits per heavy atom. The normalized spacial score (nSPS) is 12.2. The summed E-state index contributed by atoms with van der Waals surface area (Å²) in [6, 6.07) is 19.1. The van der Waals surface area contributed by atoms with Gasteiger partial charge in [-0.25, -0.2) is 17.5 Å². The summed E-state index contributed by atoms with van der Waals surface area (Å²) in [5.41, 5.74) is 3.89. The molecule has 46 heavy (non-hydrogen) atoms. The van der Waals surface area contributed by atoms with Crippen LogP contribution >= 0.6 is 0 Å². The molecule has 0 fully saturated rings. The number of carbonyl (C=O) groups excluding carboxylic acids is 2. The highest BCUT2D eigenvalue weighted by Crippen LogP contribution is 2.30. The van der Waals surface area contributed by atoms with E-state index in [0.29, 0.717) is 35.2 Å². The van der Waals surface area contributed by atoms with Crippen LogP contribution in [0.1, 0.15) is 62.4 Å². The number of hydrogen-bond donors (Lipinski definition) is 2. The summed E-state index contributed by atoms with van der Waals surface area (Å²) in [5, 5.41) is 6.75. The molecule has 4 aromatic rings. The van der Waals surface area contributed by atoms with Crippen LogP contribution in [0.15, 0.2) is 82.2 Å². The first-order valence-corrected chi connectivity index (χ1v) is 16.8. The summed E-state index contributed by atoms with van der Waals surface area (Å²) in [7, 11) is -4.01. The first kappa shape index (κ1) is 34.4. The summed E-state index contributed by atoms with van der Waals surface area (Å²) >= 11 is 0. The van der Waals surface area contributed by atoms with E-state index in [1.807, 2.05) is 32.9 Å². The summed E-state index contributed by atoms with van der Waals surface area (Å²) in [6.45, 7) is 9.67. The molecule has 0 saturated heterocycles. The number of aryl methyl sites for hydroxylation is 1. The molecule has 1 aromatic heterocycles. The molecular weight excluding hydrogens is 607 g/mol. The summed E-state index contributed by atoms with van der Waals surface area (Å²) in [6.07, 6.45) is 1.85. The molecular formula is C35H41FN4O5S. The minimum atomic E-state index is -4.01. The van der Waals surface area contributed by atoms with Crippen LogP contribution in [0, 0.1) is 25.6 Å². The molecule has 4 rings (SSSR count). The predicted octanol–water partition coefficient (Wildman–Crippen LogP) is 6.76. The van der Waals surface area contributed by atoms with Crippen molar-refractivity contribution in [3.05, 3.63) is 101 Å². The molecule has 1 heterocycles. The molecule has 0 aliphatic carbocycles. The monoisotopic (exact) mass is 648 g/mol. The van der Waals surface area contributed by atoms with E-state index in [0.717, 1.165) is 17.5 Å². The van der Waals surface area contributed by atoms with Crippen molar-refractivity contribution in [3.8, 4) is 11.1 Å².